The maximum Gasteiger partial charge on any atom is 0.261 e. The zero-order valence-electron chi connectivity index (χ0n) is 12.3. The van der Waals surface area contributed by atoms with Gasteiger partial charge >= 0.3 is 0 Å². The first-order valence-corrected chi connectivity index (χ1v) is 7.29. The molecule has 0 bridgehead atoms. The van der Waals surface area contributed by atoms with E-state index in [1.165, 1.54) is 17.1 Å². The van der Waals surface area contributed by atoms with Gasteiger partial charge in [-0.3, -0.25) is 9.36 Å². The third-order valence-electron chi connectivity index (χ3n) is 3.55. The summed E-state index contributed by atoms with van der Waals surface area (Å²) in [6, 6.07) is 8.63. The lowest BCUT2D eigenvalue weighted by molar-refractivity contribution is 0.154. The first-order valence-electron chi connectivity index (χ1n) is 6.92. The van der Waals surface area contributed by atoms with Gasteiger partial charge in [0.15, 0.2) is 5.15 Å². The van der Waals surface area contributed by atoms with Crippen LogP contribution in [0, 0.1) is 0 Å². The predicted molar refractivity (Wildman–Crippen MR) is 86.8 cm³/mol. The summed E-state index contributed by atoms with van der Waals surface area (Å²) < 4.78 is 6.49. The number of halogens is 1. The summed E-state index contributed by atoms with van der Waals surface area (Å²) in [5.74, 6) is 0.642. The molecule has 1 N–H and O–H groups in total. The highest BCUT2D eigenvalue weighted by atomic mass is 35.5. The molecule has 23 heavy (non-hydrogen) atoms. The van der Waals surface area contributed by atoms with Gasteiger partial charge in [0.1, 0.15) is 11.3 Å². The highest BCUT2D eigenvalue weighted by molar-refractivity contribution is 6.33. The largest absolute Gasteiger partial charge is 0.497 e. The van der Waals surface area contributed by atoms with Crippen LogP contribution in [0.15, 0.2) is 47.7 Å². The average molecular weight is 332 g/mol. The number of benzene rings is 1. The lowest BCUT2D eigenvalue weighted by Gasteiger charge is -2.14. The fraction of sp³-hybridized carbons (Fsp3) is 0.188. The van der Waals surface area contributed by atoms with Crippen LogP contribution in [0.3, 0.4) is 0 Å². The highest BCUT2D eigenvalue weighted by Crippen LogP contribution is 2.20. The van der Waals surface area contributed by atoms with E-state index in [0.29, 0.717) is 22.2 Å². The Morgan fingerprint density at radius 3 is 2.96 bits per heavy atom. The molecule has 0 aliphatic rings. The molecule has 7 heteroatoms. The zero-order chi connectivity index (χ0) is 16.4. The Balaban J connectivity index is 1.95. The Morgan fingerprint density at radius 2 is 2.17 bits per heavy atom. The zero-order valence-corrected chi connectivity index (χ0v) is 13.1. The standard InChI is InChI=1S/C16H14ClN3O3/c1-23-11-4-2-3-10(7-11)13(21)8-20-9-19-14-12(16(20)22)5-6-18-15(14)17/h2-7,9,13,21H,8H2,1H3. The Morgan fingerprint density at radius 1 is 1.35 bits per heavy atom. The molecule has 0 fully saturated rings. The van der Waals surface area contributed by atoms with E-state index in [1.807, 2.05) is 0 Å². The van der Waals surface area contributed by atoms with Gasteiger partial charge in [-0.05, 0) is 23.8 Å². The molecule has 0 spiro atoms. The van der Waals surface area contributed by atoms with Crippen molar-refractivity contribution in [3.8, 4) is 5.75 Å². The summed E-state index contributed by atoms with van der Waals surface area (Å²) in [7, 11) is 1.56. The number of fused-ring (bicyclic) bond motifs is 1. The van der Waals surface area contributed by atoms with Gasteiger partial charge in [0.05, 0.1) is 31.5 Å². The summed E-state index contributed by atoms with van der Waals surface area (Å²) in [6.07, 6.45) is 1.96. The van der Waals surface area contributed by atoms with Gasteiger partial charge < -0.3 is 9.84 Å². The number of hydrogen-bond acceptors (Lipinski definition) is 5. The number of aliphatic hydroxyl groups excluding tert-OH is 1. The van der Waals surface area contributed by atoms with Crippen molar-refractivity contribution in [1.29, 1.82) is 0 Å². The molecule has 6 nitrogen and oxygen atoms in total. The van der Waals surface area contributed by atoms with Crippen molar-refractivity contribution < 1.29 is 9.84 Å². The minimum Gasteiger partial charge on any atom is -0.497 e. The normalized spacial score (nSPS) is 12.3. The van der Waals surface area contributed by atoms with E-state index in [2.05, 4.69) is 9.97 Å². The number of ether oxygens (including phenoxy) is 1. The third kappa shape index (κ3) is 3.04. The minimum absolute atomic E-state index is 0.0783. The SMILES string of the molecule is COc1cccc(C(O)Cn2cnc3c(Cl)nccc3c2=O)c1. The van der Waals surface area contributed by atoms with E-state index in [9.17, 15) is 9.90 Å². The highest BCUT2D eigenvalue weighted by Gasteiger charge is 2.13. The van der Waals surface area contributed by atoms with E-state index in [4.69, 9.17) is 16.3 Å². The van der Waals surface area contributed by atoms with Gasteiger partial charge in [0.25, 0.3) is 5.56 Å². The number of aromatic nitrogens is 3. The summed E-state index contributed by atoms with van der Waals surface area (Å²) >= 11 is 5.93. The second kappa shape index (κ2) is 6.36. The van der Waals surface area contributed by atoms with Crippen LogP contribution < -0.4 is 10.3 Å². The first-order chi connectivity index (χ1) is 11.1. The van der Waals surface area contributed by atoms with Crippen LogP contribution in [0.2, 0.25) is 5.15 Å². The first kappa shape index (κ1) is 15.5. The number of hydrogen-bond donors (Lipinski definition) is 1. The number of rotatable bonds is 4. The fourth-order valence-electron chi connectivity index (χ4n) is 2.33. The molecule has 0 aliphatic heterocycles. The molecular formula is C16H14ClN3O3. The van der Waals surface area contributed by atoms with Gasteiger partial charge in [0, 0.05) is 6.20 Å². The molecular weight excluding hydrogens is 318 g/mol. The van der Waals surface area contributed by atoms with Gasteiger partial charge in [-0.15, -0.1) is 0 Å². The summed E-state index contributed by atoms with van der Waals surface area (Å²) in [5, 5.41) is 10.9. The topological polar surface area (TPSA) is 77.2 Å². The third-order valence-corrected chi connectivity index (χ3v) is 3.82. The second-order valence-electron chi connectivity index (χ2n) is 4.99. The molecule has 0 amide bonds. The Hall–Kier alpha value is -2.44. The van der Waals surface area contributed by atoms with Crippen molar-refractivity contribution in [2.45, 2.75) is 12.6 Å². The van der Waals surface area contributed by atoms with Crippen molar-refractivity contribution >= 4 is 22.5 Å². The van der Waals surface area contributed by atoms with Crippen LogP contribution in [0.5, 0.6) is 5.75 Å². The summed E-state index contributed by atoms with van der Waals surface area (Å²) in [5.41, 5.74) is 0.733. The van der Waals surface area contributed by atoms with E-state index in [1.54, 1.807) is 37.4 Å². The van der Waals surface area contributed by atoms with Crippen LogP contribution in [0.25, 0.3) is 10.9 Å². The van der Waals surface area contributed by atoms with Crippen LogP contribution >= 0.6 is 11.6 Å². The van der Waals surface area contributed by atoms with Gasteiger partial charge in [0.2, 0.25) is 0 Å². The number of aliphatic hydroxyl groups is 1. The number of methoxy groups -OCH3 is 1. The van der Waals surface area contributed by atoms with E-state index in [-0.39, 0.29) is 17.3 Å². The molecule has 1 unspecified atom stereocenters. The maximum atomic E-state index is 12.5. The predicted octanol–water partition coefficient (Wildman–Crippen LogP) is 2.19. The van der Waals surface area contributed by atoms with E-state index >= 15 is 0 Å². The second-order valence-corrected chi connectivity index (χ2v) is 5.35. The minimum atomic E-state index is -0.862. The van der Waals surface area contributed by atoms with Crippen LogP contribution in [0.1, 0.15) is 11.7 Å². The van der Waals surface area contributed by atoms with Crippen LogP contribution in [-0.2, 0) is 6.54 Å². The molecule has 1 aromatic carbocycles. The Bertz CT molecular complexity index is 910. The summed E-state index contributed by atoms with van der Waals surface area (Å²) in [6.45, 7) is 0.0783. The van der Waals surface area contributed by atoms with Gasteiger partial charge in [-0.1, -0.05) is 23.7 Å². The van der Waals surface area contributed by atoms with Crippen LogP contribution in [-0.4, -0.2) is 26.8 Å². The van der Waals surface area contributed by atoms with Crippen molar-refractivity contribution in [3.63, 3.8) is 0 Å². The molecule has 118 valence electrons. The maximum absolute atomic E-state index is 12.5. The molecule has 3 rings (SSSR count). The van der Waals surface area contributed by atoms with Gasteiger partial charge in [-0.25, -0.2) is 9.97 Å². The van der Waals surface area contributed by atoms with Crippen molar-refractivity contribution in [3.05, 3.63) is 63.9 Å². The van der Waals surface area contributed by atoms with Crippen LogP contribution in [0.4, 0.5) is 0 Å². The van der Waals surface area contributed by atoms with Crippen molar-refractivity contribution in [2.24, 2.45) is 0 Å². The molecule has 0 aliphatic carbocycles. The average Bonchev–Trinajstić information content (AvgIpc) is 2.58. The van der Waals surface area contributed by atoms with E-state index in [0.717, 1.165) is 0 Å². The molecule has 2 heterocycles. The number of pyridine rings is 1. The number of nitrogens with zero attached hydrogens (tertiary/aromatic N) is 3. The lowest BCUT2D eigenvalue weighted by atomic mass is 10.1. The Kier molecular flexibility index (Phi) is 4.27. The quantitative estimate of drug-likeness (QED) is 0.741. The molecule has 2 aromatic heterocycles. The molecule has 0 saturated carbocycles. The van der Waals surface area contributed by atoms with E-state index < -0.39 is 6.10 Å². The smallest absolute Gasteiger partial charge is 0.261 e. The van der Waals surface area contributed by atoms with Crippen molar-refractivity contribution in [2.75, 3.05) is 7.11 Å². The molecule has 0 radical (unpaired) electrons. The van der Waals surface area contributed by atoms with Gasteiger partial charge in [-0.2, -0.15) is 0 Å². The van der Waals surface area contributed by atoms with Crippen molar-refractivity contribution in [1.82, 2.24) is 14.5 Å². The molecule has 3 aromatic rings. The molecule has 1 atom stereocenters. The fourth-order valence-corrected chi connectivity index (χ4v) is 2.54. The molecule has 0 saturated heterocycles. The summed E-state index contributed by atoms with van der Waals surface area (Å²) in [4.78, 5) is 20.5. The Labute approximate surface area is 137 Å². The monoisotopic (exact) mass is 331 g/mol. The lowest BCUT2D eigenvalue weighted by Crippen LogP contribution is -2.24.